The fraction of sp³-hybridized carbons (Fsp3) is 0.421. The molecule has 156 valence electrons. The first-order valence-electron chi connectivity index (χ1n) is 8.92. The van der Waals surface area contributed by atoms with Crippen molar-refractivity contribution in [3.63, 3.8) is 0 Å². The van der Waals surface area contributed by atoms with Crippen molar-refractivity contribution in [2.45, 2.75) is 44.5 Å². The minimum Gasteiger partial charge on any atom is -0.469 e. The maximum atomic E-state index is 12.9. The van der Waals surface area contributed by atoms with Gasteiger partial charge in [0, 0.05) is 11.8 Å². The van der Waals surface area contributed by atoms with Gasteiger partial charge in [-0.1, -0.05) is 11.8 Å². The van der Waals surface area contributed by atoms with Crippen molar-refractivity contribution in [1.82, 2.24) is 15.0 Å². The van der Waals surface area contributed by atoms with E-state index in [0.29, 0.717) is 22.5 Å². The lowest BCUT2D eigenvalue weighted by molar-refractivity contribution is -0.139. The Morgan fingerprint density at radius 2 is 1.93 bits per heavy atom. The van der Waals surface area contributed by atoms with Crippen LogP contribution in [0.5, 0.6) is 0 Å². The second-order valence-electron chi connectivity index (χ2n) is 6.26. The predicted molar refractivity (Wildman–Crippen MR) is 106 cm³/mol. The Morgan fingerprint density at radius 1 is 1.24 bits per heavy atom. The van der Waals surface area contributed by atoms with E-state index >= 15 is 0 Å². The van der Waals surface area contributed by atoms with Gasteiger partial charge in [0.25, 0.3) is 5.56 Å². The molecule has 0 aliphatic carbocycles. The Hall–Kier alpha value is -2.88. The molecule has 2 aromatic rings. The van der Waals surface area contributed by atoms with Crippen LogP contribution in [0.1, 0.15) is 51.6 Å². The number of hydrogen-bond donors (Lipinski definition) is 2. The molecule has 0 saturated carbocycles. The van der Waals surface area contributed by atoms with E-state index in [1.165, 1.54) is 13.2 Å². The summed E-state index contributed by atoms with van der Waals surface area (Å²) in [7, 11) is 1.25. The number of hydrogen-bond acceptors (Lipinski definition) is 8. The monoisotopic (exact) mass is 421 g/mol. The second kappa shape index (κ2) is 9.55. The summed E-state index contributed by atoms with van der Waals surface area (Å²) in [6, 6.07) is 1.21. The molecule has 9 nitrogen and oxygen atoms in total. The van der Waals surface area contributed by atoms with Crippen LogP contribution in [0.2, 0.25) is 0 Å². The molecule has 1 atom stereocenters. The number of esters is 2. The molecule has 0 amide bonds. The van der Waals surface area contributed by atoms with Crippen LogP contribution in [-0.4, -0.2) is 51.6 Å². The Labute approximate surface area is 171 Å². The number of methoxy groups -OCH3 is 1. The number of carbonyl (C=O) groups excluding carboxylic acids is 3. The molecule has 2 aromatic heterocycles. The number of aryl methyl sites for hydroxylation is 1. The fourth-order valence-corrected chi connectivity index (χ4v) is 3.67. The molecule has 0 aliphatic heterocycles. The normalized spacial score (nSPS) is 11.8. The summed E-state index contributed by atoms with van der Waals surface area (Å²) < 4.78 is 9.62. The number of aromatic nitrogens is 3. The van der Waals surface area contributed by atoms with Gasteiger partial charge in [0.1, 0.15) is 0 Å². The number of aromatic amines is 2. The highest BCUT2D eigenvalue weighted by atomic mass is 32.2. The fourth-order valence-electron chi connectivity index (χ4n) is 2.78. The van der Waals surface area contributed by atoms with Gasteiger partial charge < -0.3 is 19.4 Å². The number of Topliss-reactive ketones (excluding diaryl/α,β-unsaturated/α-hetero) is 1. The van der Waals surface area contributed by atoms with E-state index in [-0.39, 0.29) is 29.7 Å². The molecule has 0 spiro atoms. The number of carbonyl (C=O) groups is 3. The molecule has 10 heteroatoms. The van der Waals surface area contributed by atoms with Gasteiger partial charge in [-0.05, 0) is 33.3 Å². The summed E-state index contributed by atoms with van der Waals surface area (Å²) in [6.07, 6.45) is -0.145. The van der Waals surface area contributed by atoms with Crippen molar-refractivity contribution in [1.29, 1.82) is 0 Å². The van der Waals surface area contributed by atoms with Crippen molar-refractivity contribution in [2.75, 3.05) is 13.7 Å². The minimum absolute atomic E-state index is 0.145. The average Bonchev–Trinajstić information content (AvgIpc) is 2.94. The average molecular weight is 421 g/mol. The number of rotatable bonds is 8. The van der Waals surface area contributed by atoms with E-state index in [2.05, 4.69) is 19.7 Å². The Bertz CT molecular complexity index is 994. The molecular weight excluding hydrogens is 398 g/mol. The van der Waals surface area contributed by atoms with E-state index < -0.39 is 22.7 Å². The second-order valence-corrected chi connectivity index (χ2v) is 7.59. The van der Waals surface area contributed by atoms with E-state index in [1.54, 1.807) is 27.7 Å². The predicted octanol–water partition coefficient (Wildman–Crippen LogP) is 1.97. The van der Waals surface area contributed by atoms with Gasteiger partial charge >= 0.3 is 11.9 Å². The number of ether oxygens (including phenoxy) is 2. The van der Waals surface area contributed by atoms with Crippen LogP contribution in [0.4, 0.5) is 0 Å². The summed E-state index contributed by atoms with van der Waals surface area (Å²) >= 11 is 1.05. The standard InChI is InChI=1S/C19H23N3O6S/c1-6-28-18(26)15-9(2)16(20-10(15)3)17(25)11(4)29-19-21-12(7-13(23)22-19)8-14(24)27-5/h7,11,20H,6,8H2,1-5H3,(H,21,22,23)/t11-/m0/s1. The molecule has 0 aliphatic rings. The van der Waals surface area contributed by atoms with Crippen molar-refractivity contribution >= 4 is 29.5 Å². The van der Waals surface area contributed by atoms with E-state index in [1.807, 2.05) is 0 Å². The molecular formula is C19H23N3O6S. The summed E-state index contributed by atoms with van der Waals surface area (Å²) in [6.45, 7) is 6.99. The summed E-state index contributed by atoms with van der Waals surface area (Å²) in [5.74, 6) is -1.26. The first-order valence-corrected chi connectivity index (χ1v) is 9.80. The quantitative estimate of drug-likeness (QED) is 0.286. The zero-order valence-electron chi connectivity index (χ0n) is 16.9. The molecule has 0 unspecified atom stereocenters. The Balaban J connectivity index is 2.24. The molecule has 0 saturated heterocycles. The van der Waals surface area contributed by atoms with Gasteiger partial charge in [-0.2, -0.15) is 0 Å². The van der Waals surface area contributed by atoms with E-state index in [9.17, 15) is 19.2 Å². The van der Waals surface area contributed by atoms with Crippen LogP contribution in [0, 0.1) is 13.8 Å². The van der Waals surface area contributed by atoms with Crippen molar-refractivity contribution in [2.24, 2.45) is 0 Å². The Kier molecular flexibility index (Phi) is 7.38. The number of nitrogens with one attached hydrogen (secondary N) is 2. The smallest absolute Gasteiger partial charge is 0.340 e. The van der Waals surface area contributed by atoms with Gasteiger partial charge in [0.2, 0.25) is 0 Å². The van der Waals surface area contributed by atoms with Crippen LogP contribution in [0.3, 0.4) is 0 Å². The van der Waals surface area contributed by atoms with Crippen molar-refractivity contribution in [3.05, 3.63) is 44.6 Å². The van der Waals surface area contributed by atoms with Gasteiger partial charge in [0.05, 0.1) is 42.3 Å². The first-order chi connectivity index (χ1) is 13.7. The molecule has 2 heterocycles. The zero-order chi connectivity index (χ0) is 21.7. The largest absolute Gasteiger partial charge is 0.469 e. The lowest BCUT2D eigenvalue weighted by Crippen LogP contribution is -2.18. The van der Waals surface area contributed by atoms with Gasteiger partial charge in [0.15, 0.2) is 10.9 Å². The molecule has 0 radical (unpaired) electrons. The number of nitrogens with zero attached hydrogens (tertiary/aromatic N) is 1. The lowest BCUT2D eigenvalue weighted by atomic mass is 10.1. The molecule has 2 rings (SSSR count). The van der Waals surface area contributed by atoms with Crippen LogP contribution in [-0.2, 0) is 20.7 Å². The maximum Gasteiger partial charge on any atom is 0.340 e. The first kappa shape index (κ1) is 22.4. The molecule has 0 fully saturated rings. The minimum atomic E-state index is -0.613. The van der Waals surface area contributed by atoms with Crippen LogP contribution >= 0.6 is 11.8 Å². The summed E-state index contributed by atoms with van der Waals surface area (Å²) in [5.41, 5.74) is 1.53. The number of ketones is 1. The SMILES string of the molecule is CCOC(=O)c1c(C)[nH]c(C(=O)[C@H](C)Sc2nc(CC(=O)OC)cc(=O)[nH]2)c1C. The highest BCUT2D eigenvalue weighted by Gasteiger charge is 2.26. The van der Waals surface area contributed by atoms with Crippen molar-refractivity contribution < 1.29 is 23.9 Å². The third-order valence-electron chi connectivity index (χ3n) is 4.15. The highest BCUT2D eigenvalue weighted by molar-refractivity contribution is 8.00. The lowest BCUT2D eigenvalue weighted by Gasteiger charge is -2.10. The highest BCUT2D eigenvalue weighted by Crippen LogP contribution is 2.26. The molecule has 2 N–H and O–H groups in total. The Morgan fingerprint density at radius 3 is 2.55 bits per heavy atom. The third-order valence-corrected chi connectivity index (χ3v) is 5.13. The molecule has 29 heavy (non-hydrogen) atoms. The van der Waals surface area contributed by atoms with Crippen LogP contribution in [0.25, 0.3) is 0 Å². The maximum absolute atomic E-state index is 12.9. The third kappa shape index (κ3) is 5.35. The topological polar surface area (TPSA) is 131 Å². The van der Waals surface area contributed by atoms with E-state index in [0.717, 1.165) is 11.8 Å². The zero-order valence-corrected chi connectivity index (χ0v) is 17.7. The van der Waals surface area contributed by atoms with Gasteiger partial charge in [-0.15, -0.1) is 0 Å². The van der Waals surface area contributed by atoms with E-state index in [4.69, 9.17) is 4.74 Å². The molecule has 0 bridgehead atoms. The summed E-state index contributed by atoms with van der Waals surface area (Å²) in [4.78, 5) is 58.0. The van der Waals surface area contributed by atoms with Gasteiger partial charge in [-0.3, -0.25) is 14.4 Å². The van der Waals surface area contributed by atoms with Crippen molar-refractivity contribution in [3.8, 4) is 0 Å². The summed E-state index contributed by atoms with van der Waals surface area (Å²) in [5, 5.41) is -0.401. The van der Waals surface area contributed by atoms with Gasteiger partial charge in [-0.25, -0.2) is 9.78 Å². The molecule has 0 aromatic carbocycles. The number of thioether (sulfide) groups is 1. The van der Waals surface area contributed by atoms with Crippen LogP contribution in [0.15, 0.2) is 16.0 Å². The number of H-pyrrole nitrogens is 2. The van der Waals surface area contributed by atoms with Crippen LogP contribution < -0.4 is 5.56 Å².